The van der Waals surface area contributed by atoms with Gasteiger partial charge in [0.1, 0.15) is 11.4 Å². The van der Waals surface area contributed by atoms with Gasteiger partial charge in [-0.3, -0.25) is 18.7 Å². The van der Waals surface area contributed by atoms with Crippen LogP contribution < -0.4 is 22.3 Å². The van der Waals surface area contributed by atoms with Crippen LogP contribution in [0, 0.1) is 0 Å². The topological polar surface area (TPSA) is 99.1 Å². The highest BCUT2D eigenvalue weighted by atomic mass is 79.9. The van der Waals surface area contributed by atoms with Crippen molar-refractivity contribution in [3.8, 4) is 0 Å². The molecule has 1 aromatic heterocycles. The molecule has 21 heavy (non-hydrogen) atoms. The van der Waals surface area contributed by atoms with E-state index in [1.54, 1.807) is 24.3 Å². The van der Waals surface area contributed by atoms with Crippen LogP contribution >= 0.6 is 15.9 Å². The van der Waals surface area contributed by atoms with Crippen molar-refractivity contribution in [3.05, 3.63) is 55.1 Å². The van der Waals surface area contributed by atoms with E-state index in [0.29, 0.717) is 10.2 Å². The summed E-state index contributed by atoms with van der Waals surface area (Å²) in [5.74, 6) is -0.844. The minimum absolute atomic E-state index is 0.173. The van der Waals surface area contributed by atoms with Gasteiger partial charge in [-0.2, -0.15) is 0 Å². The number of anilines is 2. The molecule has 0 saturated carbocycles. The average Bonchev–Trinajstić information content (AvgIpc) is 2.46. The lowest BCUT2D eigenvalue weighted by Crippen LogP contribution is -2.42. The Morgan fingerprint density at radius 1 is 1.19 bits per heavy atom. The fraction of sp³-hybridized carbons (Fsp3) is 0.154. The molecule has 1 amide bonds. The van der Waals surface area contributed by atoms with Gasteiger partial charge in [-0.1, -0.05) is 12.1 Å². The Hall–Kier alpha value is -2.35. The number of para-hydroxylation sites is 1. The maximum absolute atomic E-state index is 12.3. The number of hydrogen-bond acceptors (Lipinski definition) is 4. The average molecular weight is 353 g/mol. The van der Waals surface area contributed by atoms with Gasteiger partial charge >= 0.3 is 5.69 Å². The number of nitrogens with one attached hydrogen (secondary N) is 1. The molecule has 0 bridgehead atoms. The Bertz CT molecular complexity index is 838. The third kappa shape index (κ3) is 2.62. The van der Waals surface area contributed by atoms with Gasteiger partial charge in [0.05, 0.1) is 5.69 Å². The summed E-state index contributed by atoms with van der Waals surface area (Å²) >= 11 is 3.29. The van der Waals surface area contributed by atoms with E-state index in [9.17, 15) is 14.4 Å². The molecule has 2 aromatic rings. The molecule has 1 aromatic carbocycles. The van der Waals surface area contributed by atoms with Crippen LogP contribution in [-0.4, -0.2) is 15.0 Å². The van der Waals surface area contributed by atoms with Crippen LogP contribution in [0.5, 0.6) is 0 Å². The smallest absolute Gasteiger partial charge is 0.332 e. The molecule has 2 rings (SSSR count). The first kappa shape index (κ1) is 15.0. The molecule has 1 heterocycles. The van der Waals surface area contributed by atoms with Crippen LogP contribution in [0.1, 0.15) is 10.4 Å². The van der Waals surface area contributed by atoms with Gasteiger partial charge in [0, 0.05) is 18.6 Å². The third-order valence-corrected chi connectivity index (χ3v) is 3.75. The second kappa shape index (κ2) is 5.57. The van der Waals surface area contributed by atoms with Crippen molar-refractivity contribution < 1.29 is 4.79 Å². The van der Waals surface area contributed by atoms with Gasteiger partial charge in [0.25, 0.3) is 11.5 Å². The van der Waals surface area contributed by atoms with Gasteiger partial charge in [-0.05, 0) is 28.1 Å². The highest BCUT2D eigenvalue weighted by Gasteiger charge is 2.20. The molecule has 0 spiro atoms. The number of halogens is 1. The van der Waals surface area contributed by atoms with E-state index in [1.807, 2.05) is 0 Å². The van der Waals surface area contributed by atoms with Crippen LogP contribution in [0.15, 0.2) is 38.3 Å². The molecular weight excluding hydrogens is 340 g/mol. The van der Waals surface area contributed by atoms with Crippen LogP contribution in [0.3, 0.4) is 0 Å². The SMILES string of the molecule is Cn1c(N)c(C(=O)Nc2ccccc2Br)c(=O)n(C)c1=O. The zero-order chi connectivity index (χ0) is 15.7. The summed E-state index contributed by atoms with van der Waals surface area (Å²) in [6.45, 7) is 0. The molecule has 3 N–H and O–H groups in total. The summed E-state index contributed by atoms with van der Waals surface area (Å²) in [5, 5.41) is 2.59. The van der Waals surface area contributed by atoms with E-state index < -0.39 is 17.2 Å². The zero-order valence-corrected chi connectivity index (χ0v) is 13.0. The van der Waals surface area contributed by atoms with Crippen molar-refractivity contribution in [1.29, 1.82) is 0 Å². The first-order chi connectivity index (χ1) is 9.84. The van der Waals surface area contributed by atoms with Gasteiger partial charge < -0.3 is 11.1 Å². The van der Waals surface area contributed by atoms with E-state index in [1.165, 1.54) is 14.1 Å². The molecule has 0 aliphatic carbocycles. The number of nitrogens with zero attached hydrogens (tertiary/aromatic N) is 2. The van der Waals surface area contributed by atoms with E-state index >= 15 is 0 Å². The van der Waals surface area contributed by atoms with Crippen LogP contribution in [0.25, 0.3) is 0 Å². The Balaban J connectivity index is 2.53. The third-order valence-electron chi connectivity index (χ3n) is 3.06. The van der Waals surface area contributed by atoms with Crippen molar-refractivity contribution in [2.24, 2.45) is 14.1 Å². The van der Waals surface area contributed by atoms with Crippen molar-refractivity contribution in [3.63, 3.8) is 0 Å². The molecule has 7 nitrogen and oxygen atoms in total. The van der Waals surface area contributed by atoms with Crippen molar-refractivity contribution >= 4 is 33.3 Å². The highest BCUT2D eigenvalue weighted by Crippen LogP contribution is 2.21. The fourth-order valence-electron chi connectivity index (χ4n) is 1.82. The largest absolute Gasteiger partial charge is 0.384 e. The number of carbonyl (C=O) groups excluding carboxylic acids is 1. The minimum Gasteiger partial charge on any atom is -0.384 e. The Kier molecular flexibility index (Phi) is 3.99. The number of carbonyl (C=O) groups is 1. The lowest BCUT2D eigenvalue weighted by Gasteiger charge is -2.12. The number of rotatable bonds is 2. The summed E-state index contributed by atoms with van der Waals surface area (Å²) < 4.78 is 2.56. The summed E-state index contributed by atoms with van der Waals surface area (Å²) in [4.78, 5) is 36.1. The molecule has 0 aliphatic heterocycles. The number of hydrogen-bond donors (Lipinski definition) is 2. The van der Waals surface area contributed by atoms with Crippen LogP contribution in [0.4, 0.5) is 11.5 Å². The lowest BCUT2D eigenvalue weighted by molar-refractivity contribution is 0.102. The molecule has 0 saturated heterocycles. The Labute approximate surface area is 128 Å². The highest BCUT2D eigenvalue weighted by molar-refractivity contribution is 9.10. The molecule has 0 fully saturated rings. The lowest BCUT2D eigenvalue weighted by atomic mass is 10.2. The van der Waals surface area contributed by atoms with E-state index in [0.717, 1.165) is 9.13 Å². The van der Waals surface area contributed by atoms with E-state index in [4.69, 9.17) is 5.73 Å². The van der Waals surface area contributed by atoms with Crippen molar-refractivity contribution in [1.82, 2.24) is 9.13 Å². The molecule has 0 unspecified atom stereocenters. The maximum Gasteiger partial charge on any atom is 0.332 e. The number of benzene rings is 1. The monoisotopic (exact) mass is 352 g/mol. The molecule has 110 valence electrons. The van der Waals surface area contributed by atoms with Crippen molar-refractivity contribution in [2.75, 3.05) is 11.1 Å². The standard InChI is InChI=1S/C13H13BrN4O3/c1-17-10(15)9(12(20)18(2)13(17)21)11(19)16-8-6-4-3-5-7(8)14/h3-6H,15H2,1-2H3,(H,16,19). The summed E-state index contributed by atoms with van der Waals surface area (Å²) in [5.41, 5.74) is 4.63. The van der Waals surface area contributed by atoms with Crippen LogP contribution in [0.2, 0.25) is 0 Å². The first-order valence-corrected chi connectivity index (χ1v) is 6.75. The van der Waals surface area contributed by atoms with E-state index in [-0.39, 0.29) is 11.4 Å². The predicted octanol–water partition coefficient (Wildman–Crippen LogP) is 0.681. The molecule has 0 aliphatic rings. The second-order valence-corrected chi connectivity index (χ2v) is 5.25. The number of aromatic nitrogens is 2. The van der Waals surface area contributed by atoms with Crippen LogP contribution in [-0.2, 0) is 14.1 Å². The molecule has 0 radical (unpaired) electrons. The van der Waals surface area contributed by atoms with Gasteiger partial charge in [-0.25, -0.2) is 4.79 Å². The van der Waals surface area contributed by atoms with Gasteiger partial charge in [0.15, 0.2) is 0 Å². The molecule has 8 heteroatoms. The summed E-state index contributed by atoms with van der Waals surface area (Å²) in [6, 6.07) is 6.95. The second-order valence-electron chi connectivity index (χ2n) is 4.40. The fourth-order valence-corrected chi connectivity index (χ4v) is 2.20. The van der Waals surface area contributed by atoms with Gasteiger partial charge in [0.2, 0.25) is 0 Å². The zero-order valence-electron chi connectivity index (χ0n) is 11.4. The molecular formula is C13H13BrN4O3. The van der Waals surface area contributed by atoms with Crippen molar-refractivity contribution in [2.45, 2.75) is 0 Å². The Morgan fingerprint density at radius 2 is 1.81 bits per heavy atom. The maximum atomic E-state index is 12.3. The summed E-state index contributed by atoms with van der Waals surface area (Å²) in [6.07, 6.45) is 0. The predicted molar refractivity (Wildman–Crippen MR) is 83.4 cm³/mol. The minimum atomic E-state index is -0.736. The normalized spacial score (nSPS) is 10.4. The first-order valence-electron chi connectivity index (χ1n) is 5.96. The van der Waals surface area contributed by atoms with E-state index in [2.05, 4.69) is 21.2 Å². The molecule has 0 atom stereocenters. The number of amides is 1. The number of nitrogen functional groups attached to an aromatic ring is 1. The quantitative estimate of drug-likeness (QED) is 0.829. The number of nitrogens with two attached hydrogens (primary N) is 1. The Morgan fingerprint density at radius 3 is 2.43 bits per heavy atom. The van der Waals surface area contributed by atoms with Gasteiger partial charge in [-0.15, -0.1) is 0 Å². The summed E-state index contributed by atoms with van der Waals surface area (Å²) in [7, 11) is 2.69.